The molecular formula is C84H146N34O25S2. The summed E-state index contributed by atoms with van der Waals surface area (Å²) < 4.78 is 1.37. The number of carboxylic acids is 4. The van der Waals surface area contributed by atoms with Crippen LogP contribution in [0.4, 0.5) is 5.82 Å². The van der Waals surface area contributed by atoms with Crippen LogP contribution >= 0.6 is 21.6 Å². The van der Waals surface area contributed by atoms with Gasteiger partial charge in [-0.25, -0.2) is 24.5 Å². The number of hydrogen-bond donors (Lipinski definition) is 33. The molecule has 61 heteroatoms. The highest BCUT2D eigenvalue weighted by Gasteiger charge is 2.38. The summed E-state index contributed by atoms with van der Waals surface area (Å²) in [7, 11) is 1.51. The van der Waals surface area contributed by atoms with Gasteiger partial charge in [-0.1, -0.05) is 35.4 Å². The smallest absolute Gasteiger partial charge is 0.326 e. The number of imidazole rings is 1. The quantitative estimate of drug-likeness (QED) is 0.0127. The molecule has 2 heterocycles. The number of aliphatic carboxylic acids is 4. The number of ketones is 1. The number of carbonyl (C=O) groups excluding carboxylic acids is 17. The van der Waals surface area contributed by atoms with Gasteiger partial charge in [0.15, 0.2) is 29.2 Å². The monoisotopic (exact) mass is 2100 g/mol. The molecule has 2 aromatic rings. The number of amides is 16. The van der Waals surface area contributed by atoms with Gasteiger partial charge in [-0.15, -0.1) is 0 Å². The number of carbonyl (C=O) groups is 21. The molecule has 2 aromatic heterocycles. The van der Waals surface area contributed by atoms with Gasteiger partial charge in [0.25, 0.3) is 0 Å². The zero-order chi connectivity index (χ0) is 109. The lowest BCUT2D eigenvalue weighted by Crippen LogP contribution is -2.59. The van der Waals surface area contributed by atoms with Crippen LogP contribution in [0.25, 0.3) is 11.2 Å². The molecule has 814 valence electrons. The second kappa shape index (κ2) is 71.8. The maximum Gasteiger partial charge on any atom is 0.326 e. The molecule has 12 atom stereocenters. The number of unbranched alkanes of at least 4 members (excludes halogenated alkanes) is 5. The average Bonchev–Trinajstić information content (AvgIpc) is 1.66. The number of anilines is 1. The molecule has 2 rings (SSSR count). The van der Waals surface area contributed by atoms with E-state index in [1.165, 1.54) is 31.7 Å². The molecular weight excluding hydrogens is 1950 g/mol. The van der Waals surface area contributed by atoms with E-state index in [-0.39, 0.29) is 153 Å². The third-order valence-electron chi connectivity index (χ3n) is 21.3. The molecule has 16 amide bonds. The largest absolute Gasteiger partial charge is 0.481 e. The Balaban J connectivity index is 2.80. The summed E-state index contributed by atoms with van der Waals surface area (Å²) in [5.74, 6) is -25.3. The summed E-state index contributed by atoms with van der Waals surface area (Å²) >= 11 is 0. The minimum absolute atomic E-state index is 0.0183. The maximum atomic E-state index is 15.0. The normalized spacial score (nSPS) is 13.5. The van der Waals surface area contributed by atoms with Gasteiger partial charge >= 0.3 is 23.9 Å². The summed E-state index contributed by atoms with van der Waals surface area (Å²) in [5, 5.41) is 98.0. The molecule has 0 saturated carbocycles. The number of aromatic nitrogens is 4. The van der Waals surface area contributed by atoms with E-state index in [1.807, 2.05) is 5.32 Å². The van der Waals surface area contributed by atoms with Crippen molar-refractivity contribution in [1.82, 2.24) is 120 Å². The fraction of sp³-hybridized carbons (Fsp3) is 0.667. The number of hydrogen-bond acceptors (Lipinski definition) is 36. The Morgan fingerprint density at radius 2 is 0.766 bits per heavy atom. The van der Waals surface area contributed by atoms with Crippen molar-refractivity contribution < 1.29 is 121 Å². The minimum Gasteiger partial charge on any atom is -0.481 e. The van der Waals surface area contributed by atoms with Gasteiger partial charge in [-0.3, -0.25) is 102 Å². The molecule has 0 spiro atoms. The second-order valence-corrected chi connectivity index (χ2v) is 36.2. The Labute approximate surface area is 843 Å². The molecule has 0 unspecified atom stereocenters. The van der Waals surface area contributed by atoms with Gasteiger partial charge in [-0.2, -0.15) is 0 Å². The molecule has 0 bridgehead atoms. The van der Waals surface area contributed by atoms with Gasteiger partial charge in [0.1, 0.15) is 90.9 Å². The lowest BCUT2D eigenvalue weighted by atomic mass is 10.0. The Bertz CT molecular complexity index is 4620. The van der Waals surface area contributed by atoms with Crippen molar-refractivity contribution in [3.05, 3.63) is 12.7 Å². The molecule has 0 saturated heterocycles. The van der Waals surface area contributed by atoms with E-state index in [9.17, 15) is 116 Å². The van der Waals surface area contributed by atoms with Crippen LogP contribution in [0.3, 0.4) is 0 Å². The lowest BCUT2D eigenvalue weighted by Gasteiger charge is -2.27. The summed E-state index contributed by atoms with van der Waals surface area (Å²) in [6.07, 6.45) is 2.66. The standard InChI is InChI=1S/C84H146N34O25S2/c1-46(2)67(80(139)114-57(82(142)143)34-66(128)129)116-78(137)55(23-24-65(126)127)112-75(134)52(22-15-32-98-84(94)95)107-63(124)39-101-71(130)49(21-14-31-97-83(92)93)109-79(138)59(108-61(122)36-96-35-48(120)40-117(33-30-90)64(125)41-118-45-104-68-69(91)102-44-103-70(68)118)43-145-144-42-58(115-77(136)54(19-7-12-28-88)110-73(132)50(105-47(3)119)16-4-9-25-85)72(131)100-37-60(121)99-38-62(123)106-51(17-5-10-26-86)74(133)111-53(18-6-11-27-87)76(135)113-56(81(140)141)20-8-13-29-89/h44-46,49-59,67,96H,4-43,85-90H2,1-3H3,(H,99,121)(H,100,131)(H,101,130)(H,105,119)(H,106,123)(H,107,124)(H,108,122)(H,109,138)(H,110,132)(H,111,133)(H,112,134)(H,113,135)(H,114,139)(H,115,136)(H,116,137)(H,126,127)(H,128,129)(H,140,141)(H,142,143)(H2,91,102,103)(H4,92,93,97)(H4,94,95,98)/t49-,50-,51-,52-,53-,54-,55-,56-,57-,58-,59-,67-/m0/s1. The van der Waals surface area contributed by atoms with E-state index in [4.69, 9.17) is 62.4 Å². The lowest BCUT2D eigenvalue weighted by molar-refractivity contribution is -0.147. The molecule has 0 aromatic carbocycles. The number of nitrogens with zero attached hydrogens (tertiary/aromatic N) is 5. The van der Waals surface area contributed by atoms with Crippen LogP contribution in [-0.4, -0.2) is 363 Å². The third-order valence-corrected chi connectivity index (χ3v) is 23.7. The second-order valence-electron chi connectivity index (χ2n) is 33.7. The van der Waals surface area contributed by atoms with E-state index in [0.29, 0.717) is 51.4 Å². The van der Waals surface area contributed by atoms with Gasteiger partial charge in [0.05, 0.1) is 52.0 Å². The summed E-state index contributed by atoms with van der Waals surface area (Å²) in [6, 6.07) is -18.9. The summed E-state index contributed by atoms with van der Waals surface area (Å²) in [4.78, 5) is 299. The first kappa shape index (κ1) is 127. The Kier molecular flexibility index (Phi) is 63.1. The maximum absolute atomic E-state index is 15.0. The molecule has 145 heavy (non-hydrogen) atoms. The van der Waals surface area contributed by atoms with Crippen LogP contribution in [0.5, 0.6) is 0 Å². The van der Waals surface area contributed by atoms with Crippen molar-refractivity contribution in [3.8, 4) is 0 Å². The Hall–Kier alpha value is -13.6. The highest BCUT2D eigenvalue weighted by Crippen LogP contribution is 2.24. The number of nitrogen functional groups attached to an aromatic ring is 1. The van der Waals surface area contributed by atoms with E-state index < -0.39 is 285 Å². The van der Waals surface area contributed by atoms with Gasteiger partial charge in [0, 0.05) is 51.0 Å². The fourth-order valence-corrected chi connectivity index (χ4v) is 16.0. The number of nitrogens with two attached hydrogens (primary N) is 9. The number of guanidine groups is 2. The first-order chi connectivity index (χ1) is 68.8. The number of rotatable bonds is 79. The van der Waals surface area contributed by atoms with Crippen LogP contribution in [0, 0.1) is 16.7 Å². The van der Waals surface area contributed by atoms with Gasteiger partial charge in [0.2, 0.25) is 94.5 Å². The molecule has 59 nitrogen and oxygen atoms in total. The predicted molar refractivity (Wildman–Crippen MR) is 528 cm³/mol. The molecule has 0 aliphatic carbocycles. The van der Waals surface area contributed by atoms with E-state index in [0.717, 1.165) is 32.8 Å². The topological polar surface area (TPSA) is 985 Å². The zero-order valence-corrected chi connectivity index (χ0v) is 83.2. The number of carboxylic acid groups (broad SMARTS) is 4. The highest BCUT2D eigenvalue weighted by molar-refractivity contribution is 8.76. The molecule has 0 radical (unpaired) electrons. The van der Waals surface area contributed by atoms with Crippen LogP contribution < -0.4 is 147 Å². The third kappa shape index (κ3) is 53.5. The van der Waals surface area contributed by atoms with Crippen molar-refractivity contribution >= 4 is 175 Å². The first-order valence-electron chi connectivity index (χ1n) is 47.2. The number of nitrogens with one attached hydrogen (secondary N) is 20. The fourth-order valence-electron chi connectivity index (χ4n) is 13.7. The summed E-state index contributed by atoms with van der Waals surface area (Å²) in [5.41, 5.74) is 51.8. The molecule has 0 fully saturated rings. The van der Waals surface area contributed by atoms with Gasteiger partial charge < -0.3 is 177 Å². The Morgan fingerprint density at radius 1 is 0.393 bits per heavy atom. The van der Waals surface area contributed by atoms with Crippen molar-refractivity contribution in [1.29, 1.82) is 10.8 Å². The van der Waals surface area contributed by atoms with Crippen molar-refractivity contribution in [2.45, 2.75) is 241 Å². The highest BCUT2D eigenvalue weighted by atomic mass is 33.1. The first-order valence-corrected chi connectivity index (χ1v) is 49.6. The number of fused-ring (bicyclic) bond motifs is 1. The zero-order valence-electron chi connectivity index (χ0n) is 81.6. The van der Waals surface area contributed by atoms with Crippen LogP contribution in [0.1, 0.15) is 162 Å². The van der Waals surface area contributed by atoms with Crippen molar-refractivity contribution in [2.24, 2.45) is 51.8 Å². The Morgan fingerprint density at radius 3 is 1.20 bits per heavy atom. The average molecular weight is 2100 g/mol. The molecule has 42 N–H and O–H groups in total. The van der Waals surface area contributed by atoms with Crippen molar-refractivity contribution in [2.75, 3.05) is 115 Å². The van der Waals surface area contributed by atoms with Crippen LogP contribution in [0.2, 0.25) is 0 Å². The minimum atomic E-state index is -1.97. The van der Waals surface area contributed by atoms with E-state index in [1.54, 1.807) is 0 Å². The van der Waals surface area contributed by atoms with E-state index >= 15 is 4.79 Å². The predicted octanol–water partition coefficient (Wildman–Crippen LogP) is -11.7. The molecule has 0 aliphatic rings. The van der Waals surface area contributed by atoms with E-state index in [2.05, 4.69) is 105 Å². The van der Waals surface area contributed by atoms with Crippen LogP contribution in [-0.2, 0) is 107 Å². The van der Waals surface area contributed by atoms with Crippen molar-refractivity contribution in [3.63, 3.8) is 0 Å². The SMILES string of the molecule is CC(=O)N[C@@H](CCCCN)C(=O)N[C@@H](CCCCN)C(=O)N[C@@H](CSSC[C@H](NC(=O)CNCC(=O)CN(CCN)C(=O)Cn1cnc2c(N)ncnc21)C(=O)N[C@@H](CCCNC(=N)N)C(=O)NCC(=O)N[C@@H](CCCNC(=N)N)C(=O)N[C@@H](CCC(=O)O)C(=O)N[C@H](C(=O)N[C@@H](CC(=O)O)C(=O)O)C(C)C)C(=O)NCC(=O)NCC(=O)N[C@@H](CCCCN)C(=O)N[C@@H](CCCCN)C(=O)N[C@@H](CCCCN)C(=O)O. The van der Waals surface area contributed by atoms with Crippen LogP contribution in [0.15, 0.2) is 12.7 Å². The summed E-state index contributed by atoms with van der Waals surface area (Å²) in [6.45, 7) is -0.386. The van der Waals surface area contributed by atoms with Gasteiger partial charge in [-0.05, 0) is 167 Å². The molecule has 0 aliphatic heterocycles. The number of Topliss-reactive ketones (excluding diaryl/α,β-unsaturated/α-hetero) is 1.